The Kier molecular flexibility index (Phi) is 17.2. The lowest BCUT2D eigenvalue weighted by Gasteiger charge is -2.36. The fraction of sp³-hybridized carbons (Fsp3) is 0.375. The maximum atomic E-state index is 12.8. The zero-order valence-electron chi connectivity index (χ0n) is 39.0. The molecule has 0 radical (unpaired) electrons. The van der Waals surface area contributed by atoms with Gasteiger partial charge in [-0.1, -0.05) is 57.2 Å². The van der Waals surface area contributed by atoms with Crippen LogP contribution in [0.25, 0.3) is 11.4 Å². The van der Waals surface area contributed by atoms with Crippen molar-refractivity contribution in [2.24, 2.45) is 0 Å². The molecule has 3 fully saturated rings. The minimum atomic E-state index is -1.92. The minimum absolute atomic E-state index is 0. The van der Waals surface area contributed by atoms with E-state index in [0.29, 0.717) is 37.8 Å². The van der Waals surface area contributed by atoms with Gasteiger partial charge in [0.1, 0.15) is 23.1 Å². The van der Waals surface area contributed by atoms with E-state index in [4.69, 9.17) is 9.16 Å². The molecule has 4 aromatic heterocycles. The number of carbonyl (C=O) groups is 2. The summed E-state index contributed by atoms with van der Waals surface area (Å²) in [5, 5.41) is 23.9. The molecule has 0 unspecified atom stereocenters. The van der Waals surface area contributed by atoms with Crippen LogP contribution in [0.1, 0.15) is 33.6 Å². The molecule has 17 nitrogen and oxygen atoms in total. The smallest absolute Gasteiger partial charge is 0.323 e. The van der Waals surface area contributed by atoms with Crippen LogP contribution in [0.2, 0.25) is 18.1 Å². The van der Waals surface area contributed by atoms with Crippen molar-refractivity contribution in [3.05, 3.63) is 122 Å². The number of benzene rings is 2. The topological polar surface area (TPSA) is 171 Å². The van der Waals surface area contributed by atoms with Gasteiger partial charge in [0.15, 0.2) is 0 Å². The predicted octanol–water partition coefficient (Wildman–Crippen LogP) is 8.55. The van der Waals surface area contributed by atoms with Crippen molar-refractivity contribution in [2.75, 3.05) is 86.0 Å². The normalized spacial score (nSPS) is 15.0. The molecule has 7 heterocycles. The Morgan fingerprint density at radius 3 is 1.43 bits per heavy atom. The third-order valence-electron chi connectivity index (χ3n) is 12.0. The van der Waals surface area contributed by atoms with E-state index in [1.165, 1.54) is 25.1 Å². The number of aromatic hydroxyl groups is 1. The Morgan fingerprint density at radius 1 is 0.612 bits per heavy atom. The van der Waals surface area contributed by atoms with Crippen LogP contribution in [-0.2, 0) is 4.74 Å². The average molecular weight is 952 g/mol. The van der Waals surface area contributed by atoms with Crippen molar-refractivity contribution < 1.29 is 23.9 Å². The highest BCUT2D eigenvalue weighted by Gasteiger charge is 2.39. The Labute approximate surface area is 400 Å². The van der Waals surface area contributed by atoms with Crippen LogP contribution in [0, 0.1) is 0 Å². The quantitative estimate of drug-likeness (QED) is 0.125. The molecule has 3 aliphatic heterocycles. The Bertz CT molecular complexity index is 2420. The summed E-state index contributed by atoms with van der Waals surface area (Å²) in [6.45, 7) is 18.5. The van der Waals surface area contributed by atoms with Crippen molar-refractivity contribution >= 4 is 55.8 Å². The second-order valence-electron chi connectivity index (χ2n) is 17.7. The minimum Gasteiger partial charge on any atom is -0.542 e. The first-order valence-electron chi connectivity index (χ1n) is 22.5. The standard InChI is InChI=1S/C25H34N6O2Si.C19H20N6O2.C4H8O.ClH/c1-25(2,3)34(4,5)33-22-11-12-23(26-18-22)28-24(32)30-15-13-29(14-16-30)21-17-27-31(19-21)20-9-7-6-8-10-20;26-17-6-7-18(20-13-17)22-19(27)24-10-8-23(9-11-24)16-12-21-25(14-16)15-4-2-1-3-5-15;1-2-4-5-3-1;/h6-12,17-19H,13-16H2,1-5H3,(H,26,28,32);1-7,12-14,26H,8-11H2,(H,20,22,27);1-4H2;1H. The molecule has 6 aromatic rings. The molecule has 4 amide bonds. The molecule has 67 heavy (non-hydrogen) atoms. The fourth-order valence-corrected chi connectivity index (χ4v) is 8.06. The first-order chi connectivity index (χ1) is 31.8. The molecule has 0 aliphatic carbocycles. The molecule has 3 saturated heterocycles. The summed E-state index contributed by atoms with van der Waals surface area (Å²) in [7, 11) is -1.92. The summed E-state index contributed by atoms with van der Waals surface area (Å²) in [4.78, 5) is 41.5. The summed E-state index contributed by atoms with van der Waals surface area (Å²) < 4.78 is 14.9. The van der Waals surface area contributed by atoms with Crippen molar-refractivity contribution in [3.8, 4) is 22.9 Å². The van der Waals surface area contributed by atoms with Crippen LogP contribution in [0.3, 0.4) is 0 Å². The number of anilines is 4. The Hall–Kier alpha value is -6.63. The molecule has 0 bridgehead atoms. The molecule has 356 valence electrons. The molecule has 0 saturated carbocycles. The number of nitrogens with zero attached hydrogens (tertiary/aromatic N) is 10. The number of halogens is 1. The number of ether oxygens (including phenoxy) is 1. The molecule has 0 atom stereocenters. The molecule has 2 aromatic carbocycles. The summed E-state index contributed by atoms with van der Waals surface area (Å²) in [5.41, 5.74) is 4.14. The fourth-order valence-electron chi connectivity index (χ4n) is 7.04. The molecule has 19 heteroatoms. The zero-order valence-corrected chi connectivity index (χ0v) is 40.8. The highest BCUT2D eigenvalue weighted by Crippen LogP contribution is 2.37. The van der Waals surface area contributed by atoms with Gasteiger partial charge in [0, 0.05) is 65.6 Å². The van der Waals surface area contributed by atoms with Crippen LogP contribution in [0.15, 0.2) is 122 Å². The van der Waals surface area contributed by atoms with E-state index in [1.807, 2.05) is 106 Å². The van der Waals surface area contributed by atoms with Gasteiger partial charge < -0.3 is 33.9 Å². The van der Waals surface area contributed by atoms with Gasteiger partial charge in [-0.3, -0.25) is 10.6 Å². The summed E-state index contributed by atoms with van der Waals surface area (Å²) in [6.07, 6.45) is 13.3. The van der Waals surface area contributed by atoms with Gasteiger partial charge in [0.25, 0.3) is 8.32 Å². The lowest BCUT2D eigenvalue weighted by molar-refractivity contribution is 0.198. The molecule has 0 spiro atoms. The maximum absolute atomic E-state index is 12.8. The molecule has 3 N–H and O–H groups in total. The van der Waals surface area contributed by atoms with Crippen LogP contribution in [0.4, 0.5) is 32.6 Å². The van der Waals surface area contributed by atoms with Crippen LogP contribution in [0.5, 0.6) is 11.5 Å². The third-order valence-corrected chi connectivity index (χ3v) is 16.4. The number of para-hydroxylation sites is 2. The van der Waals surface area contributed by atoms with Crippen LogP contribution in [-0.4, -0.2) is 130 Å². The lowest BCUT2D eigenvalue weighted by atomic mass is 10.2. The lowest BCUT2D eigenvalue weighted by Crippen LogP contribution is -2.50. The third kappa shape index (κ3) is 13.9. The van der Waals surface area contributed by atoms with E-state index in [-0.39, 0.29) is 35.3 Å². The predicted molar refractivity (Wildman–Crippen MR) is 268 cm³/mol. The number of nitrogens with one attached hydrogen (secondary N) is 2. The SMILES string of the molecule is C1CCOC1.CC(C)(C)[Si](C)(C)Oc1ccc(NC(=O)N2CCN(c3cnn(-c4ccccc4)c3)CC2)nc1.Cl.O=C(Nc1ccc(O)cn1)N1CCN(c2cnn(-c3ccccc3)c2)CC1. The number of hydrogen-bond donors (Lipinski definition) is 3. The van der Waals surface area contributed by atoms with E-state index in [0.717, 1.165) is 67.9 Å². The van der Waals surface area contributed by atoms with E-state index in [2.05, 4.69) is 74.5 Å². The zero-order chi connectivity index (χ0) is 46.5. The number of amides is 4. The average Bonchev–Trinajstić information content (AvgIpc) is 4.17. The molecular formula is C48H63ClN12O5Si. The van der Waals surface area contributed by atoms with Crippen LogP contribution >= 0.6 is 12.4 Å². The number of piperazine rings is 2. The van der Waals surface area contributed by atoms with E-state index in [1.54, 1.807) is 23.2 Å². The number of carbonyl (C=O) groups excluding carboxylic acids is 2. The summed E-state index contributed by atoms with van der Waals surface area (Å²) in [6, 6.07) is 26.4. The summed E-state index contributed by atoms with van der Waals surface area (Å²) in [5.74, 6) is 1.76. The number of hydrogen-bond acceptors (Lipinski definition) is 11. The second-order valence-corrected chi connectivity index (χ2v) is 22.5. The van der Waals surface area contributed by atoms with Crippen molar-refractivity contribution in [1.29, 1.82) is 0 Å². The molecular weight excluding hydrogens is 888 g/mol. The van der Waals surface area contributed by atoms with Gasteiger partial charge in [-0.25, -0.2) is 28.9 Å². The first kappa shape index (κ1) is 49.8. The van der Waals surface area contributed by atoms with E-state index in [9.17, 15) is 14.7 Å². The monoisotopic (exact) mass is 950 g/mol. The summed E-state index contributed by atoms with van der Waals surface area (Å²) >= 11 is 0. The van der Waals surface area contributed by atoms with Gasteiger partial charge >= 0.3 is 12.1 Å². The Balaban J connectivity index is 0.000000201. The highest BCUT2D eigenvalue weighted by atomic mass is 35.5. The molecule has 3 aliphatic rings. The number of aromatic nitrogens is 6. The first-order valence-corrected chi connectivity index (χ1v) is 25.4. The van der Waals surface area contributed by atoms with Gasteiger partial charge in [-0.2, -0.15) is 10.2 Å². The van der Waals surface area contributed by atoms with Crippen molar-refractivity contribution in [3.63, 3.8) is 0 Å². The van der Waals surface area contributed by atoms with Gasteiger partial charge in [0.05, 0.1) is 59.9 Å². The van der Waals surface area contributed by atoms with E-state index < -0.39 is 8.32 Å². The van der Waals surface area contributed by atoms with Gasteiger partial charge in [-0.15, -0.1) is 12.4 Å². The van der Waals surface area contributed by atoms with Crippen molar-refractivity contribution in [1.82, 2.24) is 39.3 Å². The number of rotatable bonds is 8. The van der Waals surface area contributed by atoms with E-state index >= 15 is 0 Å². The number of pyridine rings is 2. The van der Waals surface area contributed by atoms with Gasteiger partial charge in [-0.05, 0) is 79.5 Å². The Morgan fingerprint density at radius 2 is 1.06 bits per heavy atom. The largest absolute Gasteiger partial charge is 0.542 e. The second kappa shape index (κ2) is 23.2. The molecule has 9 rings (SSSR count). The van der Waals surface area contributed by atoms with Crippen LogP contribution < -0.4 is 24.9 Å². The van der Waals surface area contributed by atoms with Gasteiger partial charge in [0.2, 0.25) is 0 Å². The van der Waals surface area contributed by atoms with Crippen molar-refractivity contribution in [2.45, 2.75) is 51.7 Å². The highest BCUT2D eigenvalue weighted by molar-refractivity contribution is 6.74. The number of urea groups is 2. The maximum Gasteiger partial charge on any atom is 0.323 e.